The van der Waals surface area contributed by atoms with Gasteiger partial charge in [0.05, 0.1) is 14.2 Å². The number of hydrogen-bond acceptors (Lipinski definition) is 6. The molecule has 0 bridgehead atoms. The number of nitrogens with two attached hydrogens (primary N) is 2. The van der Waals surface area contributed by atoms with Gasteiger partial charge in [0.1, 0.15) is 18.1 Å². The van der Waals surface area contributed by atoms with E-state index in [2.05, 4.69) is 0 Å². The number of hydrogen-bond donors (Lipinski definition) is 2. The molecule has 24 heavy (non-hydrogen) atoms. The lowest BCUT2D eigenvalue weighted by Crippen LogP contribution is -2.03. The molecule has 2 aromatic carbocycles. The van der Waals surface area contributed by atoms with Crippen molar-refractivity contribution in [2.75, 3.05) is 25.7 Å². The number of nitrogen functional groups attached to an aromatic ring is 2. The standard InChI is InChI=1S/C18H20N2O4/c1-22-15-7-4-12(17(10-15)23-2)5-8-18(21)24-11-13-3-6-14(19)9-16(13)20/h3-10H,11,19-20H2,1-2H3/b8-5+. The molecule has 0 unspecified atom stereocenters. The minimum Gasteiger partial charge on any atom is -0.497 e. The summed E-state index contributed by atoms with van der Waals surface area (Å²) in [7, 11) is 3.12. The molecule has 0 saturated carbocycles. The van der Waals surface area contributed by atoms with Crippen LogP contribution in [0.15, 0.2) is 42.5 Å². The van der Waals surface area contributed by atoms with Gasteiger partial charge in [-0.1, -0.05) is 6.07 Å². The zero-order valence-corrected chi connectivity index (χ0v) is 13.6. The number of esters is 1. The monoisotopic (exact) mass is 328 g/mol. The Morgan fingerprint density at radius 2 is 1.88 bits per heavy atom. The highest BCUT2D eigenvalue weighted by atomic mass is 16.5. The largest absolute Gasteiger partial charge is 0.497 e. The Morgan fingerprint density at radius 1 is 1.08 bits per heavy atom. The highest BCUT2D eigenvalue weighted by Crippen LogP contribution is 2.25. The molecule has 0 aromatic heterocycles. The van der Waals surface area contributed by atoms with Gasteiger partial charge in [0.25, 0.3) is 0 Å². The molecule has 0 radical (unpaired) electrons. The summed E-state index contributed by atoms with van der Waals surface area (Å²) in [5.74, 6) is 0.788. The number of rotatable bonds is 6. The zero-order valence-electron chi connectivity index (χ0n) is 13.6. The molecule has 2 aromatic rings. The van der Waals surface area contributed by atoms with Gasteiger partial charge in [-0.25, -0.2) is 4.79 Å². The zero-order chi connectivity index (χ0) is 17.5. The average molecular weight is 328 g/mol. The molecule has 0 fully saturated rings. The molecule has 0 spiro atoms. The Hall–Kier alpha value is -3.15. The molecule has 0 amide bonds. The minimum absolute atomic E-state index is 0.0784. The van der Waals surface area contributed by atoms with E-state index in [4.69, 9.17) is 25.7 Å². The molecule has 126 valence electrons. The summed E-state index contributed by atoms with van der Waals surface area (Å²) in [6.07, 6.45) is 2.95. The van der Waals surface area contributed by atoms with E-state index < -0.39 is 5.97 Å². The summed E-state index contributed by atoms with van der Waals surface area (Å²) >= 11 is 0. The van der Waals surface area contributed by atoms with Crippen LogP contribution in [0.2, 0.25) is 0 Å². The van der Waals surface area contributed by atoms with Crippen LogP contribution in [-0.2, 0) is 16.1 Å². The lowest BCUT2D eigenvalue weighted by molar-refractivity contribution is -0.138. The maximum absolute atomic E-state index is 11.9. The highest BCUT2D eigenvalue weighted by Gasteiger charge is 2.05. The van der Waals surface area contributed by atoms with Crippen LogP contribution >= 0.6 is 0 Å². The highest BCUT2D eigenvalue weighted by molar-refractivity contribution is 5.87. The van der Waals surface area contributed by atoms with Gasteiger partial charge in [-0.15, -0.1) is 0 Å². The molecule has 6 heteroatoms. The van der Waals surface area contributed by atoms with Crippen LogP contribution in [0.4, 0.5) is 11.4 Å². The van der Waals surface area contributed by atoms with Gasteiger partial charge >= 0.3 is 5.97 Å². The first-order valence-electron chi connectivity index (χ1n) is 7.24. The van der Waals surface area contributed by atoms with Crippen molar-refractivity contribution in [3.05, 3.63) is 53.6 Å². The van der Waals surface area contributed by atoms with Crippen molar-refractivity contribution < 1.29 is 19.0 Å². The first-order valence-corrected chi connectivity index (χ1v) is 7.24. The third-order valence-electron chi connectivity index (χ3n) is 3.38. The van der Waals surface area contributed by atoms with E-state index in [9.17, 15) is 4.79 Å². The fourth-order valence-electron chi connectivity index (χ4n) is 2.06. The summed E-state index contributed by atoms with van der Waals surface area (Å²) in [4.78, 5) is 11.9. The van der Waals surface area contributed by atoms with Gasteiger partial charge in [-0.2, -0.15) is 0 Å². The van der Waals surface area contributed by atoms with Crippen LogP contribution in [0.25, 0.3) is 6.08 Å². The van der Waals surface area contributed by atoms with Crippen molar-refractivity contribution >= 4 is 23.4 Å². The molecule has 0 atom stereocenters. The number of benzene rings is 2. The van der Waals surface area contributed by atoms with Crippen molar-refractivity contribution in [1.29, 1.82) is 0 Å². The van der Waals surface area contributed by atoms with E-state index in [1.165, 1.54) is 6.08 Å². The summed E-state index contributed by atoms with van der Waals surface area (Å²) in [6, 6.07) is 10.4. The van der Waals surface area contributed by atoms with Crippen LogP contribution in [0.1, 0.15) is 11.1 Å². The van der Waals surface area contributed by atoms with Crippen LogP contribution in [-0.4, -0.2) is 20.2 Å². The Labute approximate surface area is 140 Å². The quantitative estimate of drug-likeness (QED) is 0.481. The van der Waals surface area contributed by atoms with Crippen LogP contribution in [0, 0.1) is 0 Å². The number of carbonyl (C=O) groups excluding carboxylic acids is 1. The molecule has 4 N–H and O–H groups in total. The van der Waals surface area contributed by atoms with E-state index in [0.717, 1.165) is 5.56 Å². The smallest absolute Gasteiger partial charge is 0.331 e. The van der Waals surface area contributed by atoms with Crippen molar-refractivity contribution in [1.82, 2.24) is 0 Å². The predicted molar refractivity (Wildman–Crippen MR) is 93.6 cm³/mol. The van der Waals surface area contributed by atoms with Gasteiger partial charge in [-0.05, 0) is 30.3 Å². The fraction of sp³-hybridized carbons (Fsp3) is 0.167. The van der Waals surface area contributed by atoms with Gasteiger partial charge in [0.2, 0.25) is 0 Å². The second kappa shape index (κ2) is 7.92. The maximum atomic E-state index is 11.9. The first-order chi connectivity index (χ1) is 11.5. The van der Waals surface area contributed by atoms with E-state index in [1.54, 1.807) is 56.7 Å². The number of ether oxygens (including phenoxy) is 3. The van der Waals surface area contributed by atoms with Crippen molar-refractivity contribution in [3.63, 3.8) is 0 Å². The van der Waals surface area contributed by atoms with Crippen molar-refractivity contribution in [3.8, 4) is 11.5 Å². The van der Waals surface area contributed by atoms with Crippen LogP contribution in [0.3, 0.4) is 0 Å². The number of carbonyl (C=O) groups is 1. The number of methoxy groups -OCH3 is 2. The fourth-order valence-corrected chi connectivity index (χ4v) is 2.06. The molecule has 0 aliphatic carbocycles. The summed E-state index contributed by atoms with van der Waals surface area (Å²) in [5.41, 5.74) is 13.9. The Balaban J connectivity index is 2.00. The molecule has 0 aliphatic rings. The lowest BCUT2D eigenvalue weighted by Gasteiger charge is -2.08. The van der Waals surface area contributed by atoms with Crippen molar-refractivity contribution in [2.45, 2.75) is 6.61 Å². The van der Waals surface area contributed by atoms with Gasteiger partial charge in [0.15, 0.2) is 0 Å². The Morgan fingerprint density at radius 3 is 2.54 bits per heavy atom. The van der Waals surface area contributed by atoms with E-state index in [1.807, 2.05) is 0 Å². The molecule has 2 rings (SSSR count). The first kappa shape index (κ1) is 17.2. The summed E-state index contributed by atoms with van der Waals surface area (Å²) < 4.78 is 15.6. The Bertz CT molecular complexity index is 757. The van der Waals surface area contributed by atoms with Crippen LogP contribution < -0.4 is 20.9 Å². The maximum Gasteiger partial charge on any atom is 0.331 e. The normalized spacial score (nSPS) is 10.6. The molecule has 0 aliphatic heterocycles. The molecule has 0 heterocycles. The van der Waals surface area contributed by atoms with Gasteiger partial charge < -0.3 is 25.7 Å². The van der Waals surface area contributed by atoms with Gasteiger partial charge in [0, 0.05) is 34.6 Å². The average Bonchev–Trinajstić information content (AvgIpc) is 2.59. The van der Waals surface area contributed by atoms with E-state index in [0.29, 0.717) is 28.4 Å². The third-order valence-corrected chi connectivity index (χ3v) is 3.38. The van der Waals surface area contributed by atoms with E-state index in [-0.39, 0.29) is 6.61 Å². The lowest BCUT2D eigenvalue weighted by atomic mass is 10.1. The second-order valence-corrected chi connectivity index (χ2v) is 5.01. The molecule has 6 nitrogen and oxygen atoms in total. The predicted octanol–water partition coefficient (Wildman–Crippen LogP) is 2.62. The molecular weight excluding hydrogens is 308 g/mol. The Kier molecular flexibility index (Phi) is 5.68. The molecular formula is C18H20N2O4. The second-order valence-electron chi connectivity index (χ2n) is 5.01. The van der Waals surface area contributed by atoms with Crippen LogP contribution in [0.5, 0.6) is 11.5 Å². The molecule has 0 saturated heterocycles. The number of anilines is 2. The SMILES string of the molecule is COc1ccc(/C=C/C(=O)OCc2ccc(N)cc2N)c(OC)c1. The van der Waals surface area contributed by atoms with Crippen molar-refractivity contribution in [2.24, 2.45) is 0 Å². The van der Waals surface area contributed by atoms with Gasteiger partial charge in [-0.3, -0.25) is 0 Å². The minimum atomic E-state index is -0.482. The van der Waals surface area contributed by atoms with E-state index >= 15 is 0 Å². The summed E-state index contributed by atoms with van der Waals surface area (Å²) in [5, 5.41) is 0. The topological polar surface area (TPSA) is 96.8 Å². The summed E-state index contributed by atoms with van der Waals surface area (Å²) in [6.45, 7) is 0.0784. The third kappa shape index (κ3) is 4.42.